The van der Waals surface area contributed by atoms with Crippen LogP contribution in [0, 0.1) is 10.1 Å². The topological polar surface area (TPSA) is 174 Å². The molecule has 0 aliphatic heterocycles. The summed E-state index contributed by atoms with van der Waals surface area (Å²) in [5, 5.41) is 19.0. The SMILES string of the molecule is COC(=O)[C@H](Cc1ccc(NC(=O)c2c(Cl)cccc2Cl)cc1)NC(=O)Nc1ccc(S(=O)(=O)c2ccc([N+](=O)[O-])cc2)cc1. The van der Waals surface area contributed by atoms with Gasteiger partial charge in [-0.15, -0.1) is 0 Å². The third-order valence-electron chi connectivity index (χ3n) is 6.41. The molecule has 0 saturated heterocycles. The highest BCUT2D eigenvalue weighted by atomic mass is 35.5. The minimum Gasteiger partial charge on any atom is -0.467 e. The van der Waals surface area contributed by atoms with Crippen molar-refractivity contribution in [1.29, 1.82) is 0 Å². The first-order valence-electron chi connectivity index (χ1n) is 13.0. The van der Waals surface area contributed by atoms with Crippen LogP contribution in [0.1, 0.15) is 15.9 Å². The van der Waals surface area contributed by atoms with Gasteiger partial charge in [-0.1, -0.05) is 41.4 Å². The number of carbonyl (C=O) groups excluding carboxylic acids is 3. The molecular formula is C30H24Cl2N4O8S. The molecule has 4 aromatic rings. The summed E-state index contributed by atoms with van der Waals surface area (Å²) >= 11 is 12.2. The lowest BCUT2D eigenvalue weighted by molar-refractivity contribution is -0.384. The van der Waals surface area contributed by atoms with Crippen LogP contribution in [0.5, 0.6) is 0 Å². The molecule has 0 aromatic heterocycles. The van der Waals surface area contributed by atoms with Crippen LogP contribution in [0.25, 0.3) is 0 Å². The smallest absolute Gasteiger partial charge is 0.328 e. The fraction of sp³-hybridized carbons (Fsp3) is 0.100. The monoisotopic (exact) mass is 670 g/mol. The number of nitro benzene ring substituents is 1. The Hall–Kier alpha value is -4.98. The number of sulfone groups is 1. The number of halogens is 2. The van der Waals surface area contributed by atoms with Crippen molar-refractivity contribution in [2.24, 2.45) is 0 Å². The largest absolute Gasteiger partial charge is 0.467 e. The minimum atomic E-state index is -3.97. The summed E-state index contributed by atoms with van der Waals surface area (Å²) in [6, 6.07) is 19.1. The van der Waals surface area contributed by atoms with Crippen LogP contribution in [0.3, 0.4) is 0 Å². The maximum absolute atomic E-state index is 12.9. The number of anilines is 2. The fourth-order valence-electron chi connectivity index (χ4n) is 4.13. The fourth-order valence-corrected chi connectivity index (χ4v) is 5.96. The molecular weight excluding hydrogens is 647 g/mol. The van der Waals surface area contributed by atoms with E-state index in [1.165, 1.54) is 31.4 Å². The number of amides is 3. The average molecular weight is 672 g/mol. The highest BCUT2D eigenvalue weighted by molar-refractivity contribution is 7.91. The summed E-state index contributed by atoms with van der Waals surface area (Å²) in [6.45, 7) is 0. The van der Waals surface area contributed by atoms with E-state index in [1.54, 1.807) is 42.5 Å². The molecule has 4 rings (SSSR count). The number of carbonyl (C=O) groups is 3. The predicted octanol–water partition coefficient (Wildman–Crippen LogP) is 5.89. The van der Waals surface area contributed by atoms with E-state index in [-0.39, 0.29) is 43.2 Å². The number of rotatable bonds is 10. The Balaban J connectivity index is 1.38. The summed E-state index contributed by atoms with van der Waals surface area (Å²) < 4.78 is 30.6. The van der Waals surface area contributed by atoms with Gasteiger partial charge in [-0.05, 0) is 66.2 Å². The maximum Gasteiger partial charge on any atom is 0.328 e. The van der Waals surface area contributed by atoms with Crippen molar-refractivity contribution in [1.82, 2.24) is 5.32 Å². The zero-order chi connectivity index (χ0) is 32.7. The Morgan fingerprint density at radius 2 is 1.33 bits per heavy atom. The average Bonchev–Trinajstić information content (AvgIpc) is 3.01. The number of nitrogens with one attached hydrogen (secondary N) is 3. The molecule has 15 heteroatoms. The number of nitro groups is 1. The molecule has 3 amide bonds. The number of ether oxygens (including phenoxy) is 1. The lowest BCUT2D eigenvalue weighted by Crippen LogP contribution is -2.45. The van der Waals surface area contributed by atoms with E-state index in [0.29, 0.717) is 11.3 Å². The number of nitrogens with zero attached hydrogens (tertiary/aromatic N) is 1. The first-order valence-corrected chi connectivity index (χ1v) is 15.2. The summed E-state index contributed by atoms with van der Waals surface area (Å²) in [5.74, 6) is -1.21. The van der Waals surface area contributed by atoms with Crippen LogP contribution < -0.4 is 16.0 Å². The minimum absolute atomic E-state index is 0.0527. The summed E-state index contributed by atoms with van der Waals surface area (Å²) in [6.07, 6.45) is 0.0527. The number of esters is 1. The van der Waals surface area contributed by atoms with E-state index < -0.39 is 38.7 Å². The van der Waals surface area contributed by atoms with Crippen molar-refractivity contribution < 1.29 is 32.5 Å². The van der Waals surface area contributed by atoms with Crippen molar-refractivity contribution in [2.45, 2.75) is 22.3 Å². The number of hydrogen-bond acceptors (Lipinski definition) is 8. The van der Waals surface area contributed by atoms with E-state index in [2.05, 4.69) is 16.0 Å². The molecule has 0 radical (unpaired) electrons. The highest BCUT2D eigenvalue weighted by Gasteiger charge is 2.23. The van der Waals surface area contributed by atoms with Crippen molar-refractivity contribution in [2.75, 3.05) is 17.7 Å². The molecule has 0 bridgehead atoms. The third-order valence-corrected chi connectivity index (χ3v) is 8.83. The van der Waals surface area contributed by atoms with Gasteiger partial charge in [0.25, 0.3) is 11.6 Å². The van der Waals surface area contributed by atoms with Crippen LogP contribution in [-0.4, -0.2) is 44.4 Å². The molecule has 3 N–H and O–H groups in total. The first-order chi connectivity index (χ1) is 21.4. The van der Waals surface area contributed by atoms with Crippen LogP contribution in [0.2, 0.25) is 10.0 Å². The summed E-state index contributed by atoms with van der Waals surface area (Å²) in [4.78, 5) is 47.8. The van der Waals surface area contributed by atoms with Crippen LogP contribution in [0.15, 0.2) is 101 Å². The maximum atomic E-state index is 12.9. The van der Waals surface area contributed by atoms with E-state index >= 15 is 0 Å². The number of methoxy groups -OCH3 is 1. The predicted molar refractivity (Wildman–Crippen MR) is 168 cm³/mol. The Morgan fingerprint density at radius 3 is 1.87 bits per heavy atom. The third kappa shape index (κ3) is 8.15. The van der Waals surface area contributed by atoms with Gasteiger partial charge >= 0.3 is 12.0 Å². The Labute approximate surface area is 267 Å². The second kappa shape index (κ2) is 14.2. The Kier molecular flexibility index (Phi) is 10.4. The summed E-state index contributed by atoms with van der Waals surface area (Å²) in [7, 11) is -2.79. The molecule has 12 nitrogen and oxygen atoms in total. The molecule has 4 aromatic carbocycles. The van der Waals surface area contributed by atoms with Crippen molar-refractivity contribution in [3.05, 3.63) is 122 Å². The Morgan fingerprint density at radius 1 is 0.822 bits per heavy atom. The van der Waals surface area contributed by atoms with E-state index in [4.69, 9.17) is 27.9 Å². The van der Waals surface area contributed by atoms with Gasteiger partial charge in [-0.3, -0.25) is 14.9 Å². The van der Waals surface area contributed by atoms with Gasteiger partial charge in [-0.25, -0.2) is 18.0 Å². The highest BCUT2D eigenvalue weighted by Crippen LogP contribution is 2.26. The number of hydrogen-bond donors (Lipinski definition) is 3. The molecule has 232 valence electrons. The first kappa shape index (κ1) is 32.9. The molecule has 45 heavy (non-hydrogen) atoms. The van der Waals surface area contributed by atoms with E-state index in [0.717, 1.165) is 24.3 Å². The van der Waals surface area contributed by atoms with Crippen molar-refractivity contribution in [3.63, 3.8) is 0 Å². The van der Waals surface area contributed by atoms with Gasteiger partial charge in [0.05, 0.1) is 37.4 Å². The summed E-state index contributed by atoms with van der Waals surface area (Å²) in [5.41, 5.74) is 1.20. The lowest BCUT2D eigenvalue weighted by Gasteiger charge is -2.17. The Bertz CT molecular complexity index is 1830. The van der Waals surface area contributed by atoms with Gasteiger partial charge in [0, 0.05) is 29.9 Å². The zero-order valence-electron chi connectivity index (χ0n) is 23.3. The van der Waals surface area contributed by atoms with E-state index in [1.807, 2.05) is 0 Å². The van der Waals surface area contributed by atoms with Gasteiger partial charge in [0.1, 0.15) is 6.04 Å². The number of urea groups is 1. The second-order valence-electron chi connectivity index (χ2n) is 9.40. The van der Waals surface area contributed by atoms with Crippen LogP contribution in [0.4, 0.5) is 21.9 Å². The van der Waals surface area contributed by atoms with Crippen LogP contribution >= 0.6 is 23.2 Å². The molecule has 0 saturated carbocycles. The molecule has 1 atom stereocenters. The molecule has 0 heterocycles. The van der Waals surface area contributed by atoms with Gasteiger partial charge in [0.2, 0.25) is 9.84 Å². The van der Waals surface area contributed by atoms with Gasteiger partial charge < -0.3 is 20.7 Å². The van der Waals surface area contributed by atoms with Gasteiger partial charge in [-0.2, -0.15) is 0 Å². The second-order valence-corrected chi connectivity index (χ2v) is 12.2. The van der Waals surface area contributed by atoms with Crippen molar-refractivity contribution >= 4 is 68.0 Å². The van der Waals surface area contributed by atoms with Gasteiger partial charge in [0.15, 0.2) is 0 Å². The van der Waals surface area contributed by atoms with Crippen LogP contribution in [-0.2, 0) is 25.8 Å². The molecule has 0 unspecified atom stereocenters. The lowest BCUT2D eigenvalue weighted by atomic mass is 10.1. The number of benzene rings is 4. The normalized spacial score (nSPS) is 11.6. The quantitative estimate of drug-likeness (QED) is 0.106. The molecule has 0 spiro atoms. The number of non-ortho nitro benzene ring substituents is 1. The molecule has 0 aliphatic rings. The molecule has 0 fully saturated rings. The van der Waals surface area contributed by atoms with E-state index in [9.17, 15) is 32.9 Å². The molecule has 0 aliphatic carbocycles. The zero-order valence-corrected chi connectivity index (χ0v) is 25.7. The standard InChI is InChI=1S/C30H24Cl2N4O8S/c1-44-29(38)26(17-18-5-7-19(8-6-18)33-28(37)27-24(31)3-2-4-25(27)32)35-30(39)34-20-9-13-22(14-10-20)45(42,43)23-15-11-21(12-16-23)36(40)41/h2-16,26H,17H2,1H3,(H,33,37)(H2,34,35,39)/t26-/m0/s1. The van der Waals surface area contributed by atoms with Crippen molar-refractivity contribution in [3.8, 4) is 0 Å².